The summed E-state index contributed by atoms with van der Waals surface area (Å²) in [5.41, 5.74) is 0.562. The molecule has 5 heteroatoms. The molecule has 1 rings (SSSR count). The van der Waals surface area contributed by atoms with Crippen LogP contribution in [0.2, 0.25) is 0 Å². The molecule has 0 saturated carbocycles. The Labute approximate surface area is 125 Å². The van der Waals surface area contributed by atoms with Crippen LogP contribution < -0.4 is 4.74 Å². The fourth-order valence-corrected chi connectivity index (χ4v) is 1.93. The molecule has 0 spiro atoms. The standard InChI is InChI=1S/C16H23NO4/c1-4-17(11-10-15(18)21-6-3)16(19)13-8-7-9-14(12-13)20-5-2/h7-9,12H,4-6,10-11H2,1-3H3. The topological polar surface area (TPSA) is 55.8 Å². The first-order valence-electron chi connectivity index (χ1n) is 7.30. The number of benzene rings is 1. The lowest BCUT2D eigenvalue weighted by atomic mass is 10.2. The number of nitrogens with zero attached hydrogens (tertiary/aromatic N) is 1. The van der Waals surface area contributed by atoms with Gasteiger partial charge in [0.15, 0.2) is 0 Å². The zero-order valence-corrected chi connectivity index (χ0v) is 12.9. The van der Waals surface area contributed by atoms with Gasteiger partial charge in [0.1, 0.15) is 5.75 Å². The summed E-state index contributed by atoms with van der Waals surface area (Å²) in [4.78, 5) is 25.4. The number of esters is 1. The smallest absolute Gasteiger partial charge is 0.307 e. The second-order valence-electron chi connectivity index (χ2n) is 4.40. The third-order valence-corrected chi connectivity index (χ3v) is 2.95. The van der Waals surface area contributed by atoms with Gasteiger partial charge < -0.3 is 14.4 Å². The molecule has 1 amide bonds. The van der Waals surface area contributed by atoms with E-state index in [0.29, 0.717) is 37.6 Å². The molecule has 0 aliphatic heterocycles. The van der Waals surface area contributed by atoms with Crippen LogP contribution >= 0.6 is 0 Å². The van der Waals surface area contributed by atoms with E-state index in [9.17, 15) is 9.59 Å². The predicted molar refractivity (Wildman–Crippen MR) is 80.4 cm³/mol. The van der Waals surface area contributed by atoms with Crippen molar-refractivity contribution in [1.29, 1.82) is 0 Å². The quantitative estimate of drug-likeness (QED) is 0.691. The van der Waals surface area contributed by atoms with Crippen molar-refractivity contribution in [2.75, 3.05) is 26.3 Å². The van der Waals surface area contributed by atoms with E-state index in [1.807, 2.05) is 19.9 Å². The van der Waals surface area contributed by atoms with Crippen molar-refractivity contribution in [1.82, 2.24) is 4.90 Å². The molecular weight excluding hydrogens is 270 g/mol. The molecule has 0 bridgehead atoms. The molecule has 0 aliphatic rings. The maximum absolute atomic E-state index is 12.4. The van der Waals surface area contributed by atoms with Crippen molar-refractivity contribution < 1.29 is 19.1 Å². The van der Waals surface area contributed by atoms with Crippen LogP contribution in [0.4, 0.5) is 0 Å². The number of rotatable bonds is 8. The van der Waals surface area contributed by atoms with Gasteiger partial charge >= 0.3 is 5.97 Å². The minimum Gasteiger partial charge on any atom is -0.494 e. The van der Waals surface area contributed by atoms with Gasteiger partial charge in [0.05, 0.1) is 19.6 Å². The van der Waals surface area contributed by atoms with Gasteiger partial charge in [-0.3, -0.25) is 9.59 Å². The average molecular weight is 293 g/mol. The van der Waals surface area contributed by atoms with Crippen molar-refractivity contribution >= 4 is 11.9 Å². The van der Waals surface area contributed by atoms with Crippen LogP contribution in [0.5, 0.6) is 5.75 Å². The van der Waals surface area contributed by atoms with Crippen LogP contribution in [0.3, 0.4) is 0 Å². The van der Waals surface area contributed by atoms with Crippen LogP contribution in [-0.2, 0) is 9.53 Å². The Balaban J connectivity index is 2.69. The zero-order valence-electron chi connectivity index (χ0n) is 12.9. The first-order chi connectivity index (χ1) is 10.1. The maximum Gasteiger partial charge on any atom is 0.307 e. The lowest BCUT2D eigenvalue weighted by Crippen LogP contribution is -2.33. The Hall–Kier alpha value is -2.04. The third-order valence-electron chi connectivity index (χ3n) is 2.95. The zero-order chi connectivity index (χ0) is 15.7. The summed E-state index contributed by atoms with van der Waals surface area (Å²) in [5.74, 6) is 0.278. The average Bonchev–Trinajstić information content (AvgIpc) is 2.48. The largest absolute Gasteiger partial charge is 0.494 e. The van der Waals surface area contributed by atoms with Crippen LogP contribution in [0.25, 0.3) is 0 Å². The van der Waals surface area contributed by atoms with Gasteiger partial charge in [-0.25, -0.2) is 0 Å². The SMILES string of the molecule is CCOC(=O)CCN(CC)C(=O)c1cccc(OCC)c1. The van der Waals surface area contributed by atoms with Gasteiger partial charge in [0.2, 0.25) is 0 Å². The summed E-state index contributed by atoms with van der Waals surface area (Å²) < 4.78 is 10.3. The van der Waals surface area contributed by atoms with E-state index in [2.05, 4.69) is 0 Å². The molecule has 0 atom stereocenters. The van der Waals surface area contributed by atoms with Gasteiger partial charge in [-0.05, 0) is 39.0 Å². The molecular formula is C16H23NO4. The van der Waals surface area contributed by atoms with Crippen molar-refractivity contribution in [3.63, 3.8) is 0 Å². The Kier molecular flexibility index (Phi) is 7.29. The van der Waals surface area contributed by atoms with E-state index in [1.165, 1.54) is 0 Å². The Morgan fingerprint density at radius 2 is 1.90 bits per heavy atom. The summed E-state index contributed by atoms with van der Waals surface area (Å²) in [6.45, 7) is 7.35. The van der Waals surface area contributed by atoms with Gasteiger partial charge in [0.25, 0.3) is 5.91 Å². The maximum atomic E-state index is 12.4. The molecule has 1 aromatic carbocycles. The number of amides is 1. The fourth-order valence-electron chi connectivity index (χ4n) is 1.93. The summed E-state index contributed by atoms with van der Waals surface area (Å²) in [6, 6.07) is 7.07. The second kappa shape index (κ2) is 9.00. The molecule has 21 heavy (non-hydrogen) atoms. The molecule has 0 N–H and O–H groups in total. The Bertz CT molecular complexity index is 473. The Morgan fingerprint density at radius 1 is 1.14 bits per heavy atom. The van der Waals surface area contributed by atoms with Gasteiger partial charge in [-0.1, -0.05) is 6.07 Å². The second-order valence-corrected chi connectivity index (χ2v) is 4.40. The molecule has 0 aromatic heterocycles. The van der Waals surface area contributed by atoms with Gasteiger partial charge in [0, 0.05) is 18.7 Å². The van der Waals surface area contributed by atoms with Crippen LogP contribution in [0, 0.1) is 0 Å². The molecule has 0 aliphatic carbocycles. The van der Waals surface area contributed by atoms with Crippen molar-refractivity contribution in [2.24, 2.45) is 0 Å². The third kappa shape index (κ3) is 5.45. The highest BCUT2D eigenvalue weighted by Gasteiger charge is 2.16. The minimum absolute atomic E-state index is 0.108. The lowest BCUT2D eigenvalue weighted by Gasteiger charge is -2.20. The van der Waals surface area contributed by atoms with Crippen molar-refractivity contribution in [3.8, 4) is 5.75 Å². The molecule has 1 aromatic rings. The number of hydrogen-bond acceptors (Lipinski definition) is 4. The van der Waals surface area contributed by atoms with Crippen molar-refractivity contribution in [3.05, 3.63) is 29.8 Å². The molecule has 0 radical (unpaired) electrons. The highest BCUT2D eigenvalue weighted by molar-refractivity contribution is 5.94. The molecule has 0 heterocycles. The first kappa shape index (κ1) is 17.0. The molecule has 116 valence electrons. The number of hydrogen-bond donors (Lipinski definition) is 0. The lowest BCUT2D eigenvalue weighted by molar-refractivity contribution is -0.143. The van der Waals surface area contributed by atoms with E-state index >= 15 is 0 Å². The molecule has 0 fully saturated rings. The Morgan fingerprint density at radius 3 is 2.52 bits per heavy atom. The van der Waals surface area contributed by atoms with Crippen LogP contribution in [0.15, 0.2) is 24.3 Å². The summed E-state index contributed by atoms with van der Waals surface area (Å²) in [6.07, 6.45) is 0.207. The number of carbonyl (C=O) groups excluding carboxylic acids is 2. The first-order valence-corrected chi connectivity index (χ1v) is 7.30. The summed E-state index contributed by atoms with van der Waals surface area (Å²) in [7, 11) is 0. The fraction of sp³-hybridized carbons (Fsp3) is 0.500. The highest BCUT2D eigenvalue weighted by Crippen LogP contribution is 2.15. The summed E-state index contributed by atoms with van der Waals surface area (Å²) in [5, 5.41) is 0. The van der Waals surface area contributed by atoms with E-state index in [0.717, 1.165) is 0 Å². The monoisotopic (exact) mass is 293 g/mol. The van der Waals surface area contributed by atoms with E-state index < -0.39 is 0 Å². The predicted octanol–water partition coefficient (Wildman–Crippen LogP) is 2.50. The van der Waals surface area contributed by atoms with Crippen LogP contribution in [0.1, 0.15) is 37.6 Å². The van der Waals surface area contributed by atoms with Gasteiger partial charge in [-0.2, -0.15) is 0 Å². The van der Waals surface area contributed by atoms with E-state index in [4.69, 9.17) is 9.47 Å². The van der Waals surface area contributed by atoms with Crippen LogP contribution in [-0.4, -0.2) is 43.1 Å². The number of carbonyl (C=O) groups is 2. The highest BCUT2D eigenvalue weighted by atomic mass is 16.5. The van der Waals surface area contributed by atoms with E-state index in [-0.39, 0.29) is 18.3 Å². The normalized spacial score (nSPS) is 10.0. The summed E-state index contributed by atoms with van der Waals surface area (Å²) >= 11 is 0. The van der Waals surface area contributed by atoms with Gasteiger partial charge in [-0.15, -0.1) is 0 Å². The minimum atomic E-state index is -0.285. The molecule has 0 saturated heterocycles. The molecule has 0 unspecified atom stereocenters. The van der Waals surface area contributed by atoms with Crippen molar-refractivity contribution in [2.45, 2.75) is 27.2 Å². The number of ether oxygens (including phenoxy) is 2. The molecule has 5 nitrogen and oxygen atoms in total. The van der Waals surface area contributed by atoms with E-state index in [1.54, 1.807) is 30.0 Å².